The van der Waals surface area contributed by atoms with E-state index in [-0.39, 0.29) is 11.8 Å². The van der Waals surface area contributed by atoms with Crippen molar-refractivity contribution in [2.24, 2.45) is 23.3 Å². The monoisotopic (exact) mass is 415 g/mol. The standard InChI is InChI=1S/C19H37N5O5/c1-11(2)9-13(21)17(27)23-14(7-5-6-8-20)18(28)24-16(12(3)4)19(29)22-10-15(25)26/h11-14,16H,5-10,20-21H2,1-4H3,(H,22,29)(H,23,27)(H,24,28)(H,25,26)/t13-,14-,16-/m0/s1. The molecule has 0 rings (SSSR count). The van der Waals surface area contributed by atoms with Crippen LogP contribution in [0.15, 0.2) is 0 Å². The highest BCUT2D eigenvalue weighted by atomic mass is 16.4. The molecule has 0 aromatic carbocycles. The molecule has 0 heterocycles. The third-order valence-electron chi connectivity index (χ3n) is 4.30. The van der Waals surface area contributed by atoms with Gasteiger partial charge in [-0.05, 0) is 44.1 Å². The molecule has 0 aliphatic heterocycles. The summed E-state index contributed by atoms with van der Waals surface area (Å²) < 4.78 is 0. The third kappa shape index (κ3) is 11.4. The van der Waals surface area contributed by atoms with Gasteiger partial charge in [-0.1, -0.05) is 27.7 Å². The van der Waals surface area contributed by atoms with Crippen LogP contribution in [0.25, 0.3) is 0 Å². The van der Waals surface area contributed by atoms with E-state index in [2.05, 4.69) is 16.0 Å². The van der Waals surface area contributed by atoms with Crippen molar-refractivity contribution in [1.82, 2.24) is 16.0 Å². The smallest absolute Gasteiger partial charge is 0.322 e. The van der Waals surface area contributed by atoms with Gasteiger partial charge in [-0.3, -0.25) is 19.2 Å². The number of rotatable bonds is 14. The Labute approximate surface area is 172 Å². The molecule has 3 amide bonds. The number of amides is 3. The number of carboxylic acids is 1. The van der Waals surface area contributed by atoms with Crippen LogP contribution in [-0.2, 0) is 19.2 Å². The maximum Gasteiger partial charge on any atom is 0.322 e. The second-order valence-corrected chi connectivity index (χ2v) is 7.92. The maximum atomic E-state index is 12.8. The summed E-state index contributed by atoms with van der Waals surface area (Å²) in [6, 6.07) is -2.53. The SMILES string of the molecule is CC(C)C[C@H](N)C(=O)N[C@@H](CCCCN)C(=O)N[C@H](C(=O)NCC(=O)O)C(C)C. The first-order chi connectivity index (χ1) is 13.5. The van der Waals surface area contributed by atoms with Gasteiger partial charge in [0.15, 0.2) is 0 Å². The molecule has 10 heteroatoms. The van der Waals surface area contributed by atoms with E-state index in [1.165, 1.54) is 0 Å². The normalized spacial score (nSPS) is 14.2. The lowest BCUT2D eigenvalue weighted by Crippen LogP contribution is -2.57. The van der Waals surface area contributed by atoms with E-state index in [1.54, 1.807) is 13.8 Å². The van der Waals surface area contributed by atoms with Crippen LogP contribution in [0.1, 0.15) is 53.4 Å². The van der Waals surface area contributed by atoms with E-state index in [0.29, 0.717) is 32.2 Å². The van der Waals surface area contributed by atoms with Gasteiger partial charge in [-0.25, -0.2) is 0 Å². The van der Waals surface area contributed by atoms with Crippen LogP contribution < -0.4 is 27.4 Å². The molecule has 0 unspecified atom stereocenters. The average Bonchev–Trinajstić information content (AvgIpc) is 2.62. The van der Waals surface area contributed by atoms with Gasteiger partial charge in [0.1, 0.15) is 18.6 Å². The number of carbonyl (C=O) groups excluding carboxylic acids is 3. The van der Waals surface area contributed by atoms with E-state index < -0.39 is 48.4 Å². The van der Waals surface area contributed by atoms with Gasteiger partial charge < -0.3 is 32.5 Å². The number of nitrogens with two attached hydrogens (primary N) is 2. The molecular weight excluding hydrogens is 378 g/mol. The van der Waals surface area contributed by atoms with E-state index in [1.807, 2.05) is 13.8 Å². The number of hydrogen-bond acceptors (Lipinski definition) is 6. The minimum atomic E-state index is -1.18. The van der Waals surface area contributed by atoms with Gasteiger partial charge in [0.2, 0.25) is 17.7 Å². The zero-order valence-electron chi connectivity index (χ0n) is 17.9. The van der Waals surface area contributed by atoms with E-state index >= 15 is 0 Å². The molecule has 0 aliphatic carbocycles. The van der Waals surface area contributed by atoms with Gasteiger partial charge in [-0.15, -0.1) is 0 Å². The quantitative estimate of drug-likeness (QED) is 0.203. The second kappa shape index (κ2) is 13.9. The summed E-state index contributed by atoms with van der Waals surface area (Å²) in [6.45, 7) is 7.26. The third-order valence-corrected chi connectivity index (χ3v) is 4.30. The largest absolute Gasteiger partial charge is 0.480 e. The molecule has 8 N–H and O–H groups in total. The summed E-state index contributed by atoms with van der Waals surface area (Å²) in [6.07, 6.45) is 2.14. The number of carbonyl (C=O) groups is 4. The lowest BCUT2D eigenvalue weighted by atomic mass is 10.0. The number of unbranched alkanes of at least 4 members (excludes halogenated alkanes) is 1. The molecular formula is C19H37N5O5. The predicted octanol–water partition coefficient (Wildman–Crippen LogP) is -0.685. The minimum Gasteiger partial charge on any atom is -0.480 e. The Morgan fingerprint density at radius 3 is 2.03 bits per heavy atom. The zero-order chi connectivity index (χ0) is 22.6. The highest BCUT2D eigenvalue weighted by Gasteiger charge is 2.29. The fraction of sp³-hybridized carbons (Fsp3) is 0.789. The van der Waals surface area contributed by atoms with E-state index in [4.69, 9.17) is 16.6 Å². The molecule has 0 spiro atoms. The van der Waals surface area contributed by atoms with Gasteiger partial charge in [0.05, 0.1) is 6.04 Å². The predicted molar refractivity (Wildman–Crippen MR) is 110 cm³/mol. The molecule has 0 bridgehead atoms. The first-order valence-corrected chi connectivity index (χ1v) is 10.0. The van der Waals surface area contributed by atoms with Gasteiger partial charge >= 0.3 is 5.97 Å². The van der Waals surface area contributed by atoms with Gasteiger partial charge in [0, 0.05) is 0 Å². The van der Waals surface area contributed by atoms with E-state index in [0.717, 1.165) is 0 Å². The van der Waals surface area contributed by atoms with Crippen molar-refractivity contribution in [3.63, 3.8) is 0 Å². The van der Waals surface area contributed by atoms with Gasteiger partial charge in [0.25, 0.3) is 0 Å². The minimum absolute atomic E-state index is 0.225. The van der Waals surface area contributed by atoms with Crippen molar-refractivity contribution in [3.8, 4) is 0 Å². The zero-order valence-corrected chi connectivity index (χ0v) is 17.9. The van der Waals surface area contributed by atoms with Crippen LogP contribution in [0.2, 0.25) is 0 Å². The summed E-state index contributed by atoms with van der Waals surface area (Å²) in [5, 5.41) is 16.3. The number of nitrogens with one attached hydrogen (secondary N) is 3. The van der Waals surface area contributed by atoms with Crippen LogP contribution in [-0.4, -0.2) is 60.0 Å². The van der Waals surface area contributed by atoms with Crippen molar-refractivity contribution in [2.75, 3.05) is 13.1 Å². The van der Waals surface area contributed by atoms with Crippen molar-refractivity contribution >= 4 is 23.7 Å². The van der Waals surface area contributed by atoms with Crippen molar-refractivity contribution in [3.05, 3.63) is 0 Å². The van der Waals surface area contributed by atoms with Crippen LogP contribution in [0.3, 0.4) is 0 Å². The second-order valence-electron chi connectivity index (χ2n) is 7.92. The molecule has 0 aliphatic rings. The number of aliphatic carboxylic acids is 1. The molecule has 168 valence electrons. The molecule has 0 saturated carbocycles. The molecule has 0 fully saturated rings. The van der Waals surface area contributed by atoms with Crippen molar-refractivity contribution < 1.29 is 24.3 Å². The number of carboxylic acid groups (broad SMARTS) is 1. The van der Waals surface area contributed by atoms with Crippen LogP contribution >= 0.6 is 0 Å². The molecule has 10 nitrogen and oxygen atoms in total. The summed E-state index contributed by atoms with van der Waals surface area (Å²) in [7, 11) is 0. The average molecular weight is 416 g/mol. The topological polar surface area (TPSA) is 177 Å². The Kier molecular flexibility index (Phi) is 12.8. The molecule has 3 atom stereocenters. The first-order valence-electron chi connectivity index (χ1n) is 10.0. The van der Waals surface area contributed by atoms with Crippen LogP contribution in [0.4, 0.5) is 0 Å². The lowest BCUT2D eigenvalue weighted by molar-refractivity contribution is -0.139. The van der Waals surface area contributed by atoms with Crippen molar-refractivity contribution in [1.29, 1.82) is 0 Å². The Balaban J connectivity index is 5.16. The summed E-state index contributed by atoms with van der Waals surface area (Å²) in [5.41, 5.74) is 11.4. The fourth-order valence-electron chi connectivity index (χ4n) is 2.72. The summed E-state index contributed by atoms with van der Waals surface area (Å²) in [4.78, 5) is 48.1. The van der Waals surface area contributed by atoms with Crippen LogP contribution in [0, 0.1) is 11.8 Å². The molecule has 29 heavy (non-hydrogen) atoms. The first kappa shape index (κ1) is 26.8. The summed E-state index contributed by atoms with van der Waals surface area (Å²) >= 11 is 0. The van der Waals surface area contributed by atoms with Crippen molar-refractivity contribution in [2.45, 2.75) is 71.5 Å². The summed E-state index contributed by atoms with van der Waals surface area (Å²) in [5.74, 6) is -2.78. The Morgan fingerprint density at radius 2 is 1.55 bits per heavy atom. The fourth-order valence-corrected chi connectivity index (χ4v) is 2.72. The van der Waals surface area contributed by atoms with Gasteiger partial charge in [-0.2, -0.15) is 0 Å². The molecule has 0 aromatic heterocycles. The Bertz CT molecular complexity index is 553. The Morgan fingerprint density at radius 1 is 0.931 bits per heavy atom. The molecule has 0 saturated heterocycles. The number of hydrogen-bond donors (Lipinski definition) is 6. The molecule has 0 aromatic rings. The maximum absolute atomic E-state index is 12.8. The lowest BCUT2D eigenvalue weighted by Gasteiger charge is -2.26. The van der Waals surface area contributed by atoms with E-state index in [9.17, 15) is 19.2 Å². The highest BCUT2D eigenvalue weighted by molar-refractivity contribution is 5.93. The van der Waals surface area contributed by atoms with Crippen LogP contribution in [0.5, 0.6) is 0 Å². The molecule has 0 radical (unpaired) electrons. The highest BCUT2D eigenvalue weighted by Crippen LogP contribution is 2.08. The Hall–Kier alpha value is -2.20.